The summed E-state index contributed by atoms with van der Waals surface area (Å²) in [7, 11) is -3.99. The standard InChI is InChI=1S/C18H20ClF3N2O4S/c1-2-3-10-28-13-4-6-14(7-5-13)29(26,27)11-15(25)16-17(19)24(12-23-16)9-8-18(20,21)22/h4-7,12H,2-3,8-11H2,1H3. The molecule has 0 aliphatic carbocycles. The Balaban J connectivity index is 2.06. The molecule has 0 fully saturated rings. The van der Waals surface area contributed by atoms with Crippen molar-refractivity contribution in [3.05, 3.63) is 41.4 Å². The summed E-state index contributed by atoms with van der Waals surface area (Å²) < 4.78 is 68.4. The highest BCUT2D eigenvalue weighted by molar-refractivity contribution is 7.92. The molecule has 29 heavy (non-hydrogen) atoms. The zero-order valence-corrected chi connectivity index (χ0v) is 17.1. The average molecular weight is 453 g/mol. The van der Waals surface area contributed by atoms with E-state index in [1.54, 1.807) is 0 Å². The molecule has 0 atom stereocenters. The summed E-state index contributed by atoms with van der Waals surface area (Å²) in [5, 5.41) is -0.325. The van der Waals surface area contributed by atoms with E-state index in [0.29, 0.717) is 12.4 Å². The number of aromatic nitrogens is 2. The van der Waals surface area contributed by atoms with Crippen LogP contribution in [0.2, 0.25) is 5.15 Å². The van der Waals surface area contributed by atoms with E-state index in [4.69, 9.17) is 16.3 Å². The van der Waals surface area contributed by atoms with E-state index in [2.05, 4.69) is 4.98 Å². The van der Waals surface area contributed by atoms with Gasteiger partial charge >= 0.3 is 6.18 Å². The third kappa shape index (κ3) is 6.74. The highest BCUT2D eigenvalue weighted by atomic mass is 35.5. The molecular weight excluding hydrogens is 433 g/mol. The van der Waals surface area contributed by atoms with Crippen LogP contribution in [0.3, 0.4) is 0 Å². The molecule has 1 heterocycles. The molecule has 2 rings (SSSR count). The van der Waals surface area contributed by atoms with Crippen LogP contribution in [0, 0.1) is 0 Å². The number of carbonyl (C=O) groups is 1. The van der Waals surface area contributed by atoms with Crippen molar-refractivity contribution in [2.45, 2.75) is 43.8 Å². The summed E-state index contributed by atoms with van der Waals surface area (Å²) in [5.41, 5.74) is -0.378. The molecule has 0 aliphatic rings. The molecule has 0 radical (unpaired) electrons. The van der Waals surface area contributed by atoms with Gasteiger partial charge in [-0.15, -0.1) is 0 Å². The van der Waals surface area contributed by atoms with Gasteiger partial charge in [0.05, 0.1) is 24.3 Å². The lowest BCUT2D eigenvalue weighted by molar-refractivity contribution is -0.136. The van der Waals surface area contributed by atoms with Gasteiger partial charge in [-0.2, -0.15) is 13.2 Å². The summed E-state index contributed by atoms with van der Waals surface area (Å²) in [4.78, 5) is 15.9. The van der Waals surface area contributed by atoms with Gasteiger partial charge in [0, 0.05) is 6.54 Å². The average Bonchev–Trinajstić information content (AvgIpc) is 3.00. The molecule has 11 heteroatoms. The normalized spacial score (nSPS) is 12.2. The number of aryl methyl sites for hydroxylation is 1. The second kappa shape index (κ2) is 9.62. The molecule has 160 valence electrons. The van der Waals surface area contributed by atoms with Gasteiger partial charge in [0.15, 0.2) is 15.6 Å². The van der Waals surface area contributed by atoms with E-state index in [-0.39, 0.29) is 15.7 Å². The van der Waals surface area contributed by atoms with Crippen LogP contribution in [-0.2, 0) is 16.4 Å². The number of imidazole rings is 1. The van der Waals surface area contributed by atoms with Gasteiger partial charge in [0.2, 0.25) is 0 Å². The first kappa shape index (κ1) is 23.2. The summed E-state index contributed by atoms with van der Waals surface area (Å²) in [6, 6.07) is 5.64. The molecule has 0 spiro atoms. The van der Waals surface area contributed by atoms with Gasteiger partial charge in [-0.1, -0.05) is 24.9 Å². The number of rotatable bonds is 10. The summed E-state index contributed by atoms with van der Waals surface area (Å²) in [6.45, 7) is 2.01. The lowest BCUT2D eigenvalue weighted by Crippen LogP contribution is -2.17. The van der Waals surface area contributed by atoms with Gasteiger partial charge in [0.1, 0.15) is 22.3 Å². The highest BCUT2D eigenvalue weighted by Gasteiger charge is 2.29. The first-order chi connectivity index (χ1) is 13.5. The molecule has 2 aromatic rings. The van der Waals surface area contributed by atoms with E-state index in [1.807, 2.05) is 6.92 Å². The van der Waals surface area contributed by atoms with Crippen LogP contribution in [0.5, 0.6) is 5.75 Å². The Bertz CT molecular complexity index is 941. The Hall–Kier alpha value is -2.07. The third-order valence-corrected chi connectivity index (χ3v) is 5.97. The number of hydrogen-bond donors (Lipinski definition) is 0. The summed E-state index contributed by atoms with van der Waals surface area (Å²) in [5.74, 6) is -1.29. The van der Waals surface area contributed by atoms with E-state index in [0.717, 1.165) is 23.7 Å². The number of sulfone groups is 1. The monoisotopic (exact) mass is 452 g/mol. The largest absolute Gasteiger partial charge is 0.494 e. The Labute approximate surface area is 171 Å². The molecule has 0 saturated heterocycles. The number of ketones is 1. The van der Waals surface area contributed by atoms with Gasteiger partial charge in [-0.3, -0.25) is 4.79 Å². The van der Waals surface area contributed by atoms with E-state index in [1.165, 1.54) is 24.3 Å². The molecule has 0 bridgehead atoms. The maximum atomic E-state index is 12.5. The number of carbonyl (C=O) groups excluding carboxylic acids is 1. The smallest absolute Gasteiger partial charge is 0.390 e. The maximum Gasteiger partial charge on any atom is 0.390 e. The number of hydrogen-bond acceptors (Lipinski definition) is 5. The third-order valence-electron chi connectivity index (χ3n) is 3.94. The fourth-order valence-corrected chi connectivity index (χ4v) is 3.84. The molecule has 0 unspecified atom stereocenters. The number of Topliss-reactive ketones (excluding diaryl/α,β-unsaturated/α-hetero) is 1. The minimum atomic E-state index is -4.40. The fourth-order valence-electron chi connectivity index (χ4n) is 2.36. The Morgan fingerprint density at radius 3 is 2.48 bits per heavy atom. The molecule has 1 aromatic carbocycles. The predicted octanol–water partition coefficient (Wildman–Crippen LogP) is 4.32. The van der Waals surface area contributed by atoms with Crippen molar-refractivity contribution < 1.29 is 31.1 Å². The fraction of sp³-hybridized carbons (Fsp3) is 0.444. The minimum absolute atomic E-state index is 0.0821. The van der Waals surface area contributed by atoms with Crippen LogP contribution >= 0.6 is 11.6 Å². The summed E-state index contributed by atoms with van der Waals surface area (Å²) >= 11 is 5.91. The van der Waals surface area contributed by atoms with Crippen LogP contribution < -0.4 is 4.74 Å². The van der Waals surface area contributed by atoms with Gasteiger partial charge in [-0.05, 0) is 30.7 Å². The number of nitrogens with zero attached hydrogens (tertiary/aromatic N) is 2. The van der Waals surface area contributed by atoms with Crippen molar-refractivity contribution in [2.24, 2.45) is 0 Å². The van der Waals surface area contributed by atoms with Gasteiger partial charge in [0.25, 0.3) is 0 Å². The van der Waals surface area contributed by atoms with Crippen molar-refractivity contribution in [3.63, 3.8) is 0 Å². The van der Waals surface area contributed by atoms with Gasteiger partial charge < -0.3 is 9.30 Å². The quantitative estimate of drug-likeness (QED) is 0.396. The zero-order chi connectivity index (χ0) is 21.7. The first-order valence-corrected chi connectivity index (χ1v) is 10.8. The molecule has 1 aromatic heterocycles. The van der Waals surface area contributed by atoms with Gasteiger partial charge in [-0.25, -0.2) is 13.4 Å². The Morgan fingerprint density at radius 1 is 1.24 bits per heavy atom. The topological polar surface area (TPSA) is 78.3 Å². The molecular formula is C18H20ClF3N2O4S. The number of benzene rings is 1. The van der Waals surface area contributed by atoms with E-state index < -0.39 is 40.5 Å². The number of alkyl halides is 3. The lowest BCUT2D eigenvalue weighted by Gasteiger charge is -2.08. The van der Waals surface area contributed by atoms with E-state index in [9.17, 15) is 26.4 Å². The molecule has 0 saturated carbocycles. The highest BCUT2D eigenvalue weighted by Crippen LogP contribution is 2.24. The Morgan fingerprint density at radius 2 is 1.90 bits per heavy atom. The Kier molecular flexibility index (Phi) is 7.70. The van der Waals surface area contributed by atoms with Crippen LogP contribution in [0.4, 0.5) is 13.2 Å². The number of unbranched alkanes of at least 4 members (excludes halogenated alkanes) is 1. The molecule has 0 N–H and O–H groups in total. The van der Waals surface area contributed by atoms with Crippen molar-refractivity contribution in [3.8, 4) is 5.75 Å². The van der Waals surface area contributed by atoms with Crippen LogP contribution in [-0.4, -0.2) is 42.3 Å². The minimum Gasteiger partial charge on any atom is -0.494 e. The first-order valence-electron chi connectivity index (χ1n) is 8.79. The molecule has 6 nitrogen and oxygen atoms in total. The molecule has 0 amide bonds. The van der Waals surface area contributed by atoms with Crippen molar-refractivity contribution in [1.29, 1.82) is 0 Å². The van der Waals surface area contributed by atoms with Crippen molar-refractivity contribution in [2.75, 3.05) is 12.4 Å². The second-order valence-corrected chi connectivity index (χ2v) is 8.65. The van der Waals surface area contributed by atoms with Crippen LogP contribution in [0.25, 0.3) is 0 Å². The SMILES string of the molecule is CCCCOc1ccc(S(=O)(=O)CC(=O)c2ncn(CCC(F)(F)F)c2Cl)cc1. The molecule has 0 aliphatic heterocycles. The number of halogens is 4. The second-order valence-electron chi connectivity index (χ2n) is 6.30. The summed E-state index contributed by atoms with van der Waals surface area (Å²) in [6.07, 6.45) is -2.74. The van der Waals surface area contributed by atoms with Crippen molar-refractivity contribution in [1.82, 2.24) is 9.55 Å². The predicted molar refractivity (Wildman–Crippen MR) is 101 cm³/mol. The van der Waals surface area contributed by atoms with Crippen LogP contribution in [0.1, 0.15) is 36.7 Å². The zero-order valence-electron chi connectivity index (χ0n) is 15.6. The van der Waals surface area contributed by atoms with Crippen LogP contribution in [0.15, 0.2) is 35.5 Å². The number of ether oxygens (including phenoxy) is 1. The lowest BCUT2D eigenvalue weighted by atomic mass is 10.3. The maximum absolute atomic E-state index is 12.5. The van der Waals surface area contributed by atoms with Crippen molar-refractivity contribution >= 4 is 27.2 Å². The van der Waals surface area contributed by atoms with E-state index >= 15 is 0 Å².